The predicted molar refractivity (Wildman–Crippen MR) is 104 cm³/mol. The van der Waals surface area contributed by atoms with Crippen molar-refractivity contribution in [2.45, 2.75) is 6.54 Å². The van der Waals surface area contributed by atoms with E-state index in [1.807, 2.05) is 41.3 Å². The number of rotatable bonds is 4. The Balaban J connectivity index is 1.38. The van der Waals surface area contributed by atoms with Gasteiger partial charge in [-0.3, -0.25) is 9.69 Å². The molecular weight excluding hydrogens is 346 g/mol. The van der Waals surface area contributed by atoms with Crippen molar-refractivity contribution in [3.05, 3.63) is 59.1 Å². The third kappa shape index (κ3) is 3.43. The topological polar surface area (TPSA) is 45.7 Å². The normalized spacial score (nSPS) is 15.3. The summed E-state index contributed by atoms with van der Waals surface area (Å²) in [6, 6.07) is 15.6. The quantitative estimate of drug-likeness (QED) is 0.710. The van der Waals surface area contributed by atoms with Gasteiger partial charge >= 0.3 is 0 Å². The summed E-state index contributed by atoms with van der Waals surface area (Å²) in [5, 5.41) is 1.13. The molecule has 1 amide bonds. The number of fused-ring (bicyclic) bond motifs is 1. The fourth-order valence-corrected chi connectivity index (χ4v) is 4.29. The second-order valence-corrected chi connectivity index (χ2v) is 7.46. The Morgan fingerprint density at radius 1 is 1.08 bits per heavy atom. The first kappa shape index (κ1) is 17.0. The number of methoxy groups -OCH3 is 1. The molecule has 0 radical (unpaired) electrons. The first-order valence-corrected chi connectivity index (χ1v) is 9.55. The zero-order chi connectivity index (χ0) is 17.9. The van der Waals surface area contributed by atoms with E-state index >= 15 is 0 Å². The zero-order valence-corrected chi connectivity index (χ0v) is 15.5. The Morgan fingerprint density at radius 2 is 1.81 bits per heavy atom. The van der Waals surface area contributed by atoms with E-state index in [1.54, 1.807) is 18.4 Å². The SMILES string of the molecule is COc1ccccc1C(=O)N1CCN(Cc2nc3ccccc3s2)CC1. The van der Waals surface area contributed by atoms with Gasteiger partial charge in [-0.25, -0.2) is 4.98 Å². The van der Waals surface area contributed by atoms with Gasteiger partial charge in [-0.2, -0.15) is 0 Å². The Kier molecular flexibility index (Phi) is 4.86. The van der Waals surface area contributed by atoms with Crippen molar-refractivity contribution in [2.24, 2.45) is 0 Å². The summed E-state index contributed by atoms with van der Waals surface area (Å²) in [6.45, 7) is 4.01. The Labute approximate surface area is 156 Å². The number of carbonyl (C=O) groups excluding carboxylic acids is 1. The molecule has 5 nitrogen and oxygen atoms in total. The first-order chi connectivity index (χ1) is 12.7. The van der Waals surface area contributed by atoms with Gasteiger partial charge in [-0.05, 0) is 24.3 Å². The van der Waals surface area contributed by atoms with Crippen LogP contribution in [-0.4, -0.2) is 54.0 Å². The Morgan fingerprint density at radius 3 is 2.58 bits per heavy atom. The largest absolute Gasteiger partial charge is 0.496 e. The van der Waals surface area contributed by atoms with Gasteiger partial charge < -0.3 is 9.64 Å². The Bertz CT molecular complexity index is 883. The van der Waals surface area contributed by atoms with Gasteiger partial charge in [0.2, 0.25) is 0 Å². The van der Waals surface area contributed by atoms with Gasteiger partial charge in [0.25, 0.3) is 5.91 Å². The molecule has 3 aromatic rings. The summed E-state index contributed by atoms with van der Waals surface area (Å²) in [6.07, 6.45) is 0. The molecule has 1 aliphatic rings. The van der Waals surface area contributed by atoms with E-state index in [2.05, 4.69) is 17.0 Å². The number of hydrogen-bond acceptors (Lipinski definition) is 5. The van der Waals surface area contributed by atoms with Crippen LogP contribution in [0.3, 0.4) is 0 Å². The molecule has 26 heavy (non-hydrogen) atoms. The van der Waals surface area contributed by atoms with Crippen LogP contribution in [0, 0.1) is 0 Å². The minimum Gasteiger partial charge on any atom is -0.496 e. The summed E-state index contributed by atoms with van der Waals surface area (Å²) in [7, 11) is 1.60. The molecule has 0 unspecified atom stereocenters. The van der Waals surface area contributed by atoms with E-state index < -0.39 is 0 Å². The number of thiazole rings is 1. The fraction of sp³-hybridized carbons (Fsp3) is 0.300. The van der Waals surface area contributed by atoms with Gasteiger partial charge in [-0.1, -0.05) is 24.3 Å². The number of aromatic nitrogens is 1. The average Bonchev–Trinajstić information content (AvgIpc) is 3.10. The van der Waals surface area contributed by atoms with Gasteiger partial charge in [0.15, 0.2) is 0 Å². The number of carbonyl (C=O) groups is 1. The molecule has 2 heterocycles. The summed E-state index contributed by atoms with van der Waals surface area (Å²) in [5.74, 6) is 0.677. The predicted octanol–water partition coefficient (Wildman–Crippen LogP) is 3.26. The van der Waals surface area contributed by atoms with Gasteiger partial charge in [-0.15, -0.1) is 11.3 Å². The molecule has 0 bridgehead atoms. The van der Waals surface area contributed by atoms with Crippen LogP contribution in [0.5, 0.6) is 5.75 Å². The lowest BCUT2D eigenvalue weighted by molar-refractivity contribution is 0.0625. The summed E-state index contributed by atoms with van der Waals surface area (Å²) in [4.78, 5) is 21.8. The van der Waals surface area contributed by atoms with Gasteiger partial charge in [0.1, 0.15) is 10.8 Å². The van der Waals surface area contributed by atoms with Crippen LogP contribution in [0.4, 0.5) is 0 Å². The highest BCUT2D eigenvalue weighted by molar-refractivity contribution is 7.18. The first-order valence-electron chi connectivity index (χ1n) is 8.73. The summed E-state index contributed by atoms with van der Waals surface area (Å²) >= 11 is 1.75. The molecule has 6 heteroatoms. The molecule has 1 aliphatic heterocycles. The molecule has 0 atom stereocenters. The van der Waals surface area contributed by atoms with Crippen LogP contribution >= 0.6 is 11.3 Å². The second kappa shape index (κ2) is 7.43. The van der Waals surface area contributed by atoms with Gasteiger partial charge in [0.05, 0.1) is 29.4 Å². The van der Waals surface area contributed by atoms with E-state index in [-0.39, 0.29) is 5.91 Å². The van der Waals surface area contributed by atoms with E-state index in [4.69, 9.17) is 9.72 Å². The lowest BCUT2D eigenvalue weighted by Gasteiger charge is -2.34. The minimum atomic E-state index is 0.0436. The number of benzene rings is 2. The molecule has 1 aromatic heterocycles. The summed E-state index contributed by atoms with van der Waals surface area (Å²) < 4.78 is 6.55. The molecule has 2 aromatic carbocycles. The number of piperazine rings is 1. The maximum absolute atomic E-state index is 12.8. The van der Waals surface area contributed by atoms with Crippen molar-refractivity contribution in [3.8, 4) is 5.75 Å². The van der Waals surface area contributed by atoms with Crippen LogP contribution in [0.15, 0.2) is 48.5 Å². The van der Waals surface area contributed by atoms with Crippen LogP contribution in [0.2, 0.25) is 0 Å². The molecular formula is C20H21N3O2S. The Hall–Kier alpha value is -2.44. The number of nitrogens with zero attached hydrogens (tertiary/aromatic N) is 3. The highest BCUT2D eigenvalue weighted by Gasteiger charge is 2.24. The second-order valence-electron chi connectivity index (χ2n) is 6.34. The van der Waals surface area contributed by atoms with Crippen LogP contribution in [-0.2, 0) is 6.54 Å². The summed E-state index contributed by atoms with van der Waals surface area (Å²) in [5.41, 5.74) is 1.70. The average molecular weight is 367 g/mol. The van der Waals surface area contributed by atoms with Gasteiger partial charge in [0, 0.05) is 26.2 Å². The fourth-order valence-electron chi connectivity index (χ4n) is 3.28. The lowest BCUT2D eigenvalue weighted by atomic mass is 10.1. The van der Waals surface area contributed by atoms with Crippen LogP contribution in [0.25, 0.3) is 10.2 Å². The molecule has 0 spiro atoms. The smallest absolute Gasteiger partial charge is 0.257 e. The number of para-hydroxylation sites is 2. The van der Waals surface area contributed by atoms with Crippen molar-refractivity contribution < 1.29 is 9.53 Å². The van der Waals surface area contributed by atoms with E-state index in [0.717, 1.165) is 43.2 Å². The maximum Gasteiger partial charge on any atom is 0.257 e. The van der Waals surface area contributed by atoms with Crippen molar-refractivity contribution in [1.82, 2.24) is 14.8 Å². The van der Waals surface area contributed by atoms with Crippen molar-refractivity contribution in [3.63, 3.8) is 0 Å². The maximum atomic E-state index is 12.8. The molecule has 1 fully saturated rings. The molecule has 0 saturated carbocycles. The highest BCUT2D eigenvalue weighted by Crippen LogP contribution is 2.24. The van der Waals surface area contributed by atoms with E-state index in [1.165, 1.54) is 4.70 Å². The molecule has 1 saturated heterocycles. The lowest BCUT2D eigenvalue weighted by Crippen LogP contribution is -2.48. The van der Waals surface area contributed by atoms with Crippen LogP contribution < -0.4 is 4.74 Å². The zero-order valence-electron chi connectivity index (χ0n) is 14.7. The number of hydrogen-bond donors (Lipinski definition) is 0. The number of ether oxygens (including phenoxy) is 1. The van der Waals surface area contributed by atoms with E-state index in [0.29, 0.717) is 11.3 Å². The molecule has 0 N–H and O–H groups in total. The van der Waals surface area contributed by atoms with Crippen LogP contribution in [0.1, 0.15) is 15.4 Å². The van der Waals surface area contributed by atoms with E-state index in [9.17, 15) is 4.79 Å². The van der Waals surface area contributed by atoms with Crippen molar-refractivity contribution in [1.29, 1.82) is 0 Å². The molecule has 134 valence electrons. The standard InChI is InChI=1S/C20H21N3O2S/c1-25-17-8-4-2-6-15(17)20(24)23-12-10-22(11-13-23)14-19-21-16-7-3-5-9-18(16)26-19/h2-9H,10-14H2,1H3. The minimum absolute atomic E-state index is 0.0436. The number of amides is 1. The third-order valence-corrected chi connectivity index (χ3v) is 5.72. The molecule has 0 aliphatic carbocycles. The van der Waals surface area contributed by atoms with Crippen molar-refractivity contribution >= 4 is 27.5 Å². The van der Waals surface area contributed by atoms with Crippen molar-refractivity contribution in [2.75, 3.05) is 33.3 Å². The third-order valence-electron chi connectivity index (χ3n) is 4.69. The highest BCUT2D eigenvalue weighted by atomic mass is 32.1. The molecule has 4 rings (SSSR count). The monoisotopic (exact) mass is 367 g/mol.